The number of halogens is 2. The number of aromatic nitrogens is 4. The molecule has 0 aliphatic heterocycles. The van der Waals surface area contributed by atoms with E-state index in [1.54, 1.807) is 16.6 Å². The Morgan fingerprint density at radius 3 is 2.56 bits per heavy atom. The molecule has 0 bridgehead atoms. The van der Waals surface area contributed by atoms with Crippen LogP contribution in [0, 0.1) is 0 Å². The average Bonchev–Trinajstić information content (AvgIpc) is 3.16. The summed E-state index contributed by atoms with van der Waals surface area (Å²) in [6.45, 7) is -2.36. The lowest BCUT2D eigenvalue weighted by Crippen LogP contribution is -2.07. The minimum atomic E-state index is -2.83. The zero-order chi connectivity index (χ0) is 18.6. The topological polar surface area (TPSA) is 64.3 Å². The number of alkyl halides is 2. The molecule has 2 aromatic heterocycles. The zero-order valence-electron chi connectivity index (χ0n) is 14.1. The molecule has 1 N–H and O–H groups in total. The van der Waals surface area contributed by atoms with E-state index in [4.69, 9.17) is 0 Å². The van der Waals surface area contributed by atoms with Crippen molar-refractivity contribution in [2.45, 2.75) is 13.2 Å². The summed E-state index contributed by atoms with van der Waals surface area (Å²) in [6.07, 6.45) is 1.44. The van der Waals surface area contributed by atoms with Crippen molar-refractivity contribution in [2.75, 3.05) is 5.32 Å². The van der Waals surface area contributed by atoms with Crippen LogP contribution in [0.15, 0.2) is 67.0 Å². The summed E-state index contributed by atoms with van der Waals surface area (Å²) in [5.74, 6) is 1.34. The monoisotopic (exact) mass is 367 g/mol. The minimum Gasteiger partial charge on any atom is -0.435 e. The minimum absolute atomic E-state index is 0.127. The van der Waals surface area contributed by atoms with E-state index < -0.39 is 6.61 Å². The maximum Gasteiger partial charge on any atom is 0.387 e. The predicted octanol–water partition coefficient (Wildman–Crippen LogP) is 4.00. The molecule has 8 heteroatoms. The Morgan fingerprint density at radius 2 is 1.81 bits per heavy atom. The SMILES string of the molecule is FC(F)Oc1ccc(CNc2cc(-c3ccccc3)nc3ncnn23)cc1. The van der Waals surface area contributed by atoms with Gasteiger partial charge in [-0.1, -0.05) is 42.5 Å². The van der Waals surface area contributed by atoms with Crippen LogP contribution in [0.1, 0.15) is 5.56 Å². The first kappa shape index (κ1) is 16.9. The molecular formula is C19H15F2N5O. The number of anilines is 1. The van der Waals surface area contributed by atoms with Gasteiger partial charge in [0.2, 0.25) is 0 Å². The van der Waals surface area contributed by atoms with Crippen molar-refractivity contribution in [2.24, 2.45) is 0 Å². The number of benzene rings is 2. The van der Waals surface area contributed by atoms with Gasteiger partial charge in [-0.15, -0.1) is 0 Å². The Balaban J connectivity index is 1.57. The summed E-state index contributed by atoms with van der Waals surface area (Å²) in [5, 5.41) is 7.48. The van der Waals surface area contributed by atoms with Gasteiger partial charge in [0, 0.05) is 18.2 Å². The van der Waals surface area contributed by atoms with Crippen LogP contribution < -0.4 is 10.1 Å². The van der Waals surface area contributed by atoms with Crippen molar-refractivity contribution in [1.82, 2.24) is 19.6 Å². The Bertz CT molecular complexity index is 1040. The van der Waals surface area contributed by atoms with E-state index >= 15 is 0 Å². The number of nitrogens with zero attached hydrogens (tertiary/aromatic N) is 4. The summed E-state index contributed by atoms with van der Waals surface area (Å²) in [6, 6.07) is 18.1. The highest BCUT2D eigenvalue weighted by molar-refractivity contribution is 5.65. The van der Waals surface area contributed by atoms with Crippen molar-refractivity contribution in [3.63, 3.8) is 0 Å². The van der Waals surface area contributed by atoms with Crippen molar-refractivity contribution in [3.8, 4) is 17.0 Å². The molecule has 0 atom stereocenters. The third kappa shape index (κ3) is 3.84. The number of hydrogen-bond acceptors (Lipinski definition) is 5. The van der Waals surface area contributed by atoms with Gasteiger partial charge in [0.25, 0.3) is 5.78 Å². The van der Waals surface area contributed by atoms with E-state index in [0.29, 0.717) is 12.3 Å². The van der Waals surface area contributed by atoms with Gasteiger partial charge in [0.05, 0.1) is 5.69 Å². The first-order chi connectivity index (χ1) is 13.2. The highest BCUT2D eigenvalue weighted by Crippen LogP contribution is 2.22. The molecule has 0 amide bonds. The second-order valence-electron chi connectivity index (χ2n) is 5.74. The lowest BCUT2D eigenvalue weighted by atomic mass is 10.1. The van der Waals surface area contributed by atoms with Crippen LogP contribution in [-0.2, 0) is 6.54 Å². The largest absolute Gasteiger partial charge is 0.435 e. The van der Waals surface area contributed by atoms with Crippen molar-refractivity contribution >= 4 is 11.6 Å². The average molecular weight is 367 g/mol. The number of hydrogen-bond donors (Lipinski definition) is 1. The smallest absolute Gasteiger partial charge is 0.387 e. The maximum atomic E-state index is 12.2. The number of nitrogens with one attached hydrogen (secondary N) is 1. The molecule has 136 valence electrons. The van der Waals surface area contributed by atoms with E-state index in [0.717, 1.165) is 22.6 Å². The van der Waals surface area contributed by atoms with E-state index in [9.17, 15) is 8.78 Å². The van der Waals surface area contributed by atoms with Crippen LogP contribution in [0.2, 0.25) is 0 Å². The Kier molecular flexibility index (Phi) is 4.61. The molecule has 27 heavy (non-hydrogen) atoms. The molecule has 0 saturated heterocycles. The van der Waals surface area contributed by atoms with Gasteiger partial charge in [0.15, 0.2) is 0 Å². The first-order valence-electron chi connectivity index (χ1n) is 8.23. The molecule has 4 rings (SSSR count). The molecule has 2 heterocycles. The van der Waals surface area contributed by atoms with E-state index in [-0.39, 0.29) is 5.75 Å². The van der Waals surface area contributed by atoms with Crippen LogP contribution in [0.4, 0.5) is 14.6 Å². The second-order valence-corrected chi connectivity index (χ2v) is 5.74. The third-order valence-electron chi connectivity index (χ3n) is 3.94. The van der Waals surface area contributed by atoms with Gasteiger partial charge >= 0.3 is 6.61 Å². The van der Waals surface area contributed by atoms with Gasteiger partial charge < -0.3 is 10.1 Å². The molecule has 0 fully saturated rings. The maximum absolute atomic E-state index is 12.2. The molecule has 4 aromatic rings. The van der Waals surface area contributed by atoms with Gasteiger partial charge in [-0.3, -0.25) is 0 Å². The first-order valence-corrected chi connectivity index (χ1v) is 8.23. The fraction of sp³-hybridized carbons (Fsp3) is 0.105. The molecule has 6 nitrogen and oxygen atoms in total. The number of fused-ring (bicyclic) bond motifs is 1. The lowest BCUT2D eigenvalue weighted by Gasteiger charge is -2.11. The summed E-state index contributed by atoms with van der Waals surface area (Å²) >= 11 is 0. The van der Waals surface area contributed by atoms with Crippen molar-refractivity contribution < 1.29 is 13.5 Å². The fourth-order valence-electron chi connectivity index (χ4n) is 2.68. The van der Waals surface area contributed by atoms with Crippen molar-refractivity contribution in [1.29, 1.82) is 0 Å². The van der Waals surface area contributed by atoms with Crippen LogP contribution in [0.25, 0.3) is 17.0 Å². The normalized spacial score (nSPS) is 11.1. The standard InChI is InChI=1S/C19H15F2N5O/c20-18(21)27-15-8-6-13(7-9-15)11-22-17-10-16(14-4-2-1-3-5-14)25-19-23-12-24-26(17)19/h1-10,12,18,22H,11H2. The molecule has 0 spiro atoms. The summed E-state index contributed by atoms with van der Waals surface area (Å²) in [7, 11) is 0. The fourth-order valence-corrected chi connectivity index (χ4v) is 2.68. The van der Waals surface area contributed by atoms with E-state index in [2.05, 4.69) is 25.1 Å². The van der Waals surface area contributed by atoms with Gasteiger partial charge in [-0.25, -0.2) is 4.98 Å². The Hall–Kier alpha value is -3.55. The summed E-state index contributed by atoms with van der Waals surface area (Å²) < 4.78 is 30.4. The van der Waals surface area contributed by atoms with Crippen LogP contribution in [0.3, 0.4) is 0 Å². The summed E-state index contributed by atoms with van der Waals surface area (Å²) in [4.78, 5) is 8.69. The Morgan fingerprint density at radius 1 is 1.04 bits per heavy atom. The molecule has 0 aliphatic carbocycles. The third-order valence-corrected chi connectivity index (χ3v) is 3.94. The summed E-state index contributed by atoms with van der Waals surface area (Å²) in [5.41, 5.74) is 2.65. The molecule has 0 unspecified atom stereocenters. The molecule has 0 saturated carbocycles. The number of rotatable bonds is 6. The van der Waals surface area contributed by atoms with Crippen molar-refractivity contribution in [3.05, 3.63) is 72.6 Å². The molecule has 0 radical (unpaired) electrons. The van der Waals surface area contributed by atoms with E-state index in [1.807, 2.05) is 36.4 Å². The second kappa shape index (κ2) is 7.36. The highest BCUT2D eigenvalue weighted by Gasteiger charge is 2.09. The highest BCUT2D eigenvalue weighted by atomic mass is 19.3. The van der Waals surface area contributed by atoms with Crippen LogP contribution in [-0.4, -0.2) is 26.2 Å². The molecule has 0 aliphatic rings. The zero-order valence-corrected chi connectivity index (χ0v) is 14.1. The van der Waals surface area contributed by atoms with Gasteiger partial charge in [0.1, 0.15) is 17.9 Å². The van der Waals surface area contributed by atoms with Gasteiger partial charge in [-0.05, 0) is 17.7 Å². The Labute approximate surface area is 153 Å². The van der Waals surface area contributed by atoms with E-state index in [1.165, 1.54) is 18.5 Å². The predicted molar refractivity (Wildman–Crippen MR) is 96.6 cm³/mol. The quantitative estimate of drug-likeness (QED) is 0.558. The van der Waals surface area contributed by atoms with Gasteiger partial charge in [-0.2, -0.15) is 23.4 Å². The molecule has 2 aromatic carbocycles. The van der Waals surface area contributed by atoms with Crippen LogP contribution >= 0.6 is 0 Å². The number of ether oxygens (including phenoxy) is 1. The van der Waals surface area contributed by atoms with Crippen LogP contribution in [0.5, 0.6) is 5.75 Å². The lowest BCUT2D eigenvalue weighted by molar-refractivity contribution is -0.0498. The molecular weight excluding hydrogens is 352 g/mol.